The van der Waals surface area contributed by atoms with Gasteiger partial charge in [0.15, 0.2) is 0 Å². The van der Waals surface area contributed by atoms with Gasteiger partial charge in [-0.05, 0) is 33.7 Å². The highest BCUT2D eigenvalue weighted by Gasteiger charge is 2.23. The molecule has 1 N–H and O–H groups in total. The Labute approximate surface area is 147 Å². The number of halogens is 1. The number of aliphatic imine (C=N–C) groups is 1. The number of ether oxygens (including phenoxy) is 1. The molecule has 128 valence electrons. The molecule has 2 aromatic carbocycles. The minimum absolute atomic E-state index is 0.0612. The fourth-order valence-electron chi connectivity index (χ4n) is 2.23. The van der Waals surface area contributed by atoms with Gasteiger partial charge < -0.3 is 9.84 Å². The zero-order valence-corrected chi connectivity index (χ0v) is 14.0. The molecule has 3 aromatic rings. The second kappa shape index (κ2) is 7.23. The first-order valence-corrected chi connectivity index (χ1v) is 7.71. The summed E-state index contributed by atoms with van der Waals surface area (Å²) in [5.41, 5.74) is 0.192. The number of nitrogens with one attached hydrogen (secondary N) is 1. The standard InChI is InChI=1S/C17H14ClN3O4/c1-24-13-8-6-12(7-9-13)21-15(17(23)25-20-21)16(22)19-10-11-4-2-3-5-14(11)18/h2-9H,10H2,1H3,(H-,19,20,22,23). The van der Waals surface area contributed by atoms with Crippen LogP contribution in [-0.2, 0) is 6.54 Å². The van der Waals surface area contributed by atoms with Crippen LogP contribution in [0, 0.1) is 0 Å². The molecule has 0 aliphatic heterocycles. The lowest BCUT2D eigenvalue weighted by atomic mass is 10.2. The molecular weight excluding hydrogens is 346 g/mol. The number of methoxy groups -OCH3 is 1. The smallest absolute Gasteiger partial charge is 0.436 e. The predicted octanol–water partition coefficient (Wildman–Crippen LogP) is 1.21. The molecule has 0 bridgehead atoms. The minimum Gasteiger partial charge on any atom is -0.854 e. The van der Waals surface area contributed by atoms with Crippen LogP contribution in [0.2, 0.25) is 5.02 Å². The number of aromatic amines is 1. The summed E-state index contributed by atoms with van der Waals surface area (Å²) in [7, 11) is 1.55. The van der Waals surface area contributed by atoms with Crippen molar-refractivity contribution in [2.45, 2.75) is 6.54 Å². The highest BCUT2D eigenvalue weighted by atomic mass is 35.5. The van der Waals surface area contributed by atoms with Crippen LogP contribution in [0.25, 0.3) is 5.69 Å². The van der Waals surface area contributed by atoms with Gasteiger partial charge >= 0.3 is 11.3 Å². The Morgan fingerprint density at radius 1 is 1.28 bits per heavy atom. The molecule has 0 aliphatic carbocycles. The van der Waals surface area contributed by atoms with Gasteiger partial charge in [0.25, 0.3) is 0 Å². The lowest BCUT2D eigenvalue weighted by molar-refractivity contribution is -0.673. The van der Waals surface area contributed by atoms with Crippen molar-refractivity contribution >= 4 is 17.5 Å². The van der Waals surface area contributed by atoms with Gasteiger partial charge in [-0.2, -0.15) is 0 Å². The fourth-order valence-corrected chi connectivity index (χ4v) is 2.42. The summed E-state index contributed by atoms with van der Waals surface area (Å²) < 4.78 is 11.1. The van der Waals surface area contributed by atoms with E-state index in [0.29, 0.717) is 22.0 Å². The van der Waals surface area contributed by atoms with Gasteiger partial charge in [-0.25, -0.2) is 4.79 Å². The average Bonchev–Trinajstić information content (AvgIpc) is 3.02. The van der Waals surface area contributed by atoms with E-state index >= 15 is 0 Å². The first-order valence-electron chi connectivity index (χ1n) is 7.33. The molecule has 0 saturated carbocycles. The number of hydrogen-bond donors (Lipinski definition) is 1. The Balaban J connectivity index is 1.94. The molecule has 0 amide bonds. The summed E-state index contributed by atoms with van der Waals surface area (Å²) in [5, 5.41) is 15.3. The quantitative estimate of drug-likeness (QED) is 0.421. The zero-order valence-electron chi connectivity index (χ0n) is 13.2. The topological polar surface area (TPSA) is 94.5 Å². The van der Waals surface area contributed by atoms with Crippen molar-refractivity contribution in [2.75, 3.05) is 7.11 Å². The lowest BCUT2D eigenvalue weighted by Crippen LogP contribution is -2.44. The highest BCUT2D eigenvalue weighted by Crippen LogP contribution is 2.15. The normalized spacial score (nSPS) is 11.5. The summed E-state index contributed by atoms with van der Waals surface area (Å²) in [5.74, 6) is -0.0581. The first kappa shape index (κ1) is 16.8. The van der Waals surface area contributed by atoms with Crippen molar-refractivity contribution in [1.82, 2.24) is 5.27 Å². The molecular formula is C17H14ClN3O4. The van der Waals surface area contributed by atoms with E-state index in [1.807, 2.05) is 0 Å². The second-order valence-electron chi connectivity index (χ2n) is 5.08. The van der Waals surface area contributed by atoms with Crippen LogP contribution in [0.1, 0.15) is 11.3 Å². The molecule has 0 radical (unpaired) electrons. The maximum absolute atomic E-state index is 12.4. The van der Waals surface area contributed by atoms with Gasteiger partial charge in [0, 0.05) is 17.2 Å². The number of hydrogen-bond acceptors (Lipinski definition) is 5. The summed E-state index contributed by atoms with van der Waals surface area (Å²) in [6.45, 7) is 0.0612. The SMILES string of the molecule is COc1ccc(-[n+]2[nH]oc(=O)c2C([O-])=NCc2ccccc2Cl)cc1. The van der Waals surface area contributed by atoms with E-state index in [-0.39, 0.29) is 12.2 Å². The van der Waals surface area contributed by atoms with E-state index < -0.39 is 11.5 Å². The van der Waals surface area contributed by atoms with E-state index in [9.17, 15) is 9.90 Å². The molecule has 0 spiro atoms. The molecule has 0 atom stereocenters. The van der Waals surface area contributed by atoms with Crippen molar-refractivity contribution in [2.24, 2.45) is 4.99 Å². The third-order valence-corrected chi connectivity index (χ3v) is 3.90. The first-order chi connectivity index (χ1) is 12.1. The Morgan fingerprint density at radius 3 is 2.68 bits per heavy atom. The van der Waals surface area contributed by atoms with Gasteiger partial charge in [0.2, 0.25) is 5.69 Å². The third kappa shape index (κ3) is 3.56. The number of nitrogens with zero attached hydrogens (tertiary/aromatic N) is 2. The molecule has 0 unspecified atom stereocenters. The van der Waals surface area contributed by atoms with Crippen LogP contribution in [0.15, 0.2) is 62.8 Å². The Bertz CT molecular complexity index is 961. The molecule has 3 rings (SSSR count). The number of H-pyrrole nitrogens is 1. The van der Waals surface area contributed by atoms with E-state index in [1.54, 1.807) is 55.6 Å². The van der Waals surface area contributed by atoms with Crippen LogP contribution in [0.4, 0.5) is 0 Å². The van der Waals surface area contributed by atoms with Gasteiger partial charge in [-0.3, -0.25) is 9.52 Å². The van der Waals surface area contributed by atoms with E-state index in [0.717, 1.165) is 0 Å². The molecule has 8 heteroatoms. The van der Waals surface area contributed by atoms with E-state index in [2.05, 4.69) is 10.3 Å². The predicted molar refractivity (Wildman–Crippen MR) is 89.1 cm³/mol. The van der Waals surface area contributed by atoms with Gasteiger partial charge in [-0.1, -0.05) is 29.8 Å². The van der Waals surface area contributed by atoms with Gasteiger partial charge in [0.05, 0.1) is 19.6 Å². The largest absolute Gasteiger partial charge is 0.854 e. The van der Waals surface area contributed by atoms with E-state index in [1.165, 1.54) is 4.68 Å². The van der Waals surface area contributed by atoms with Crippen LogP contribution in [-0.4, -0.2) is 18.3 Å². The minimum atomic E-state index is -0.802. The zero-order chi connectivity index (χ0) is 17.8. The average molecular weight is 360 g/mol. The highest BCUT2D eigenvalue weighted by molar-refractivity contribution is 6.31. The molecule has 7 nitrogen and oxygen atoms in total. The number of rotatable bonds is 5. The van der Waals surface area contributed by atoms with Crippen molar-refractivity contribution in [3.63, 3.8) is 0 Å². The monoisotopic (exact) mass is 359 g/mol. The third-order valence-electron chi connectivity index (χ3n) is 3.53. The Kier molecular flexibility index (Phi) is 4.85. The molecule has 1 aromatic heterocycles. The maximum atomic E-state index is 12.4. The molecule has 1 heterocycles. The van der Waals surface area contributed by atoms with Crippen LogP contribution < -0.4 is 20.2 Å². The van der Waals surface area contributed by atoms with Gasteiger partial charge in [0.1, 0.15) is 5.75 Å². The number of aromatic nitrogens is 2. The van der Waals surface area contributed by atoms with Crippen LogP contribution in [0.5, 0.6) is 5.75 Å². The van der Waals surface area contributed by atoms with Crippen molar-refractivity contribution in [3.8, 4) is 11.4 Å². The summed E-state index contributed by atoms with van der Waals surface area (Å²) in [6.07, 6.45) is 0. The summed E-state index contributed by atoms with van der Waals surface area (Å²) >= 11 is 6.04. The van der Waals surface area contributed by atoms with Crippen LogP contribution >= 0.6 is 11.6 Å². The summed E-state index contributed by atoms with van der Waals surface area (Å²) in [4.78, 5) is 15.8. The Hall–Kier alpha value is -3.06. The maximum Gasteiger partial charge on any atom is 0.436 e. The van der Waals surface area contributed by atoms with Crippen molar-refractivity contribution < 1.29 is 19.0 Å². The molecule has 0 saturated heterocycles. The summed E-state index contributed by atoms with van der Waals surface area (Å²) in [6, 6.07) is 13.8. The van der Waals surface area contributed by atoms with Gasteiger partial charge in [-0.15, -0.1) is 0 Å². The second-order valence-corrected chi connectivity index (χ2v) is 5.48. The fraction of sp³-hybridized carbons (Fsp3) is 0.118. The Morgan fingerprint density at radius 2 is 2.00 bits per heavy atom. The van der Waals surface area contributed by atoms with Crippen molar-refractivity contribution in [1.29, 1.82) is 0 Å². The molecule has 0 aliphatic rings. The van der Waals surface area contributed by atoms with Crippen LogP contribution in [0.3, 0.4) is 0 Å². The molecule has 0 fully saturated rings. The molecule has 25 heavy (non-hydrogen) atoms. The van der Waals surface area contributed by atoms with Crippen molar-refractivity contribution in [3.05, 3.63) is 75.2 Å². The van der Waals surface area contributed by atoms with E-state index in [4.69, 9.17) is 20.9 Å². The number of benzene rings is 2. The lowest BCUT2D eigenvalue weighted by Gasteiger charge is -2.05.